The van der Waals surface area contributed by atoms with Crippen LogP contribution < -0.4 is 0 Å². The van der Waals surface area contributed by atoms with Gasteiger partial charge in [-0.05, 0) is 11.1 Å². The summed E-state index contributed by atoms with van der Waals surface area (Å²) in [7, 11) is 0. The lowest BCUT2D eigenvalue weighted by molar-refractivity contribution is -0.226. The molecule has 4 rings (SSSR count). The Bertz CT molecular complexity index is 839. The van der Waals surface area contributed by atoms with Gasteiger partial charge in [-0.15, -0.1) is 0 Å². The van der Waals surface area contributed by atoms with Gasteiger partial charge in [0.1, 0.15) is 0 Å². The first-order chi connectivity index (χ1) is 15.3. The van der Waals surface area contributed by atoms with Gasteiger partial charge in [-0.2, -0.15) is 0 Å². The Hall–Kier alpha value is -2.24. The van der Waals surface area contributed by atoms with Crippen LogP contribution in [0.25, 0.3) is 12.2 Å². The standard InChI is InChI=1S/C28H34O4/c1-27(2)17-29-25(30-18-27)23-13-9-21(10-14-23)7-5-6-8-22-11-15-24(16-12-22)26-31-19-28(3,4)20-32-26/h5-16,25-26H,17-20H2,1-4H3/b7-5+,8-6+. The minimum absolute atomic E-state index is 0.0838. The van der Waals surface area contributed by atoms with Gasteiger partial charge in [0.15, 0.2) is 12.6 Å². The van der Waals surface area contributed by atoms with Crippen LogP contribution in [0.15, 0.2) is 60.7 Å². The molecule has 0 unspecified atom stereocenters. The normalized spacial score (nSPS) is 22.0. The Morgan fingerprint density at radius 3 is 1.19 bits per heavy atom. The quantitative estimate of drug-likeness (QED) is 0.500. The molecule has 2 aliphatic heterocycles. The maximum absolute atomic E-state index is 5.86. The van der Waals surface area contributed by atoms with E-state index in [0.29, 0.717) is 26.4 Å². The van der Waals surface area contributed by atoms with Crippen molar-refractivity contribution in [3.8, 4) is 0 Å². The highest BCUT2D eigenvalue weighted by molar-refractivity contribution is 5.57. The van der Waals surface area contributed by atoms with Gasteiger partial charge in [0.05, 0.1) is 26.4 Å². The molecule has 0 radical (unpaired) electrons. The zero-order valence-corrected chi connectivity index (χ0v) is 19.5. The Morgan fingerprint density at radius 2 is 0.875 bits per heavy atom. The van der Waals surface area contributed by atoms with Gasteiger partial charge in [-0.25, -0.2) is 0 Å². The second-order valence-corrected chi connectivity index (χ2v) is 10.3. The molecule has 0 bridgehead atoms. The lowest BCUT2D eigenvalue weighted by atomic mass is 9.95. The van der Waals surface area contributed by atoms with Crippen LogP contribution in [0.5, 0.6) is 0 Å². The molecule has 2 saturated heterocycles. The highest BCUT2D eigenvalue weighted by atomic mass is 16.7. The zero-order valence-electron chi connectivity index (χ0n) is 19.5. The average molecular weight is 435 g/mol. The summed E-state index contributed by atoms with van der Waals surface area (Å²) < 4.78 is 23.4. The van der Waals surface area contributed by atoms with E-state index in [9.17, 15) is 0 Å². The first-order valence-corrected chi connectivity index (χ1v) is 11.3. The molecule has 0 aromatic heterocycles. The third kappa shape index (κ3) is 6.17. The van der Waals surface area contributed by atoms with Crippen molar-refractivity contribution in [2.24, 2.45) is 10.8 Å². The predicted molar refractivity (Wildman–Crippen MR) is 128 cm³/mol. The highest BCUT2D eigenvalue weighted by Gasteiger charge is 2.30. The molecule has 32 heavy (non-hydrogen) atoms. The van der Waals surface area contributed by atoms with Crippen molar-refractivity contribution in [2.45, 2.75) is 40.3 Å². The molecule has 0 aliphatic carbocycles. The molecular weight excluding hydrogens is 400 g/mol. The fourth-order valence-corrected chi connectivity index (χ4v) is 3.63. The van der Waals surface area contributed by atoms with Crippen molar-refractivity contribution in [3.63, 3.8) is 0 Å². The topological polar surface area (TPSA) is 36.9 Å². The van der Waals surface area contributed by atoms with Crippen LogP contribution in [0, 0.1) is 10.8 Å². The van der Waals surface area contributed by atoms with Crippen LogP contribution in [0.3, 0.4) is 0 Å². The summed E-state index contributed by atoms with van der Waals surface area (Å²) in [5.74, 6) is 0. The van der Waals surface area contributed by atoms with Gasteiger partial charge < -0.3 is 18.9 Å². The lowest BCUT2D eigenvalue weighted by Crippen LogP contribution is -2.33. The van der Waals surface area contributed by atoms with Crippen LogP contribution in [-0.4, -0.2) is 26.4 Å². The largest absolute Gasteiger partial charge is 0.348 e. The van der Waals surface area contributed by atoms with E-state index in [1.807, 2.05) is 0 Å². The smallest absolute Gasteiger partial charge is 0.183 e. The van der Waals surface area contributed by atoms with Gasteiger partial charge in [0.2, 0.25) is 0 Å². The van der Waals surface area contributed by atoms with Crippen molar-refractivity contribution in [1.29, 1.82) is 0 Å². The van der Waals surface area contributed by atoms with E-state index in [-0.39, 0.29) is 23.4 Å². The van der Waals surface area contributed by atoms with Crippen LogP contribution in [0.4, 0.5) is 0 Å². The molecule has 0 saturated carbocycles. The van der Waals surface area contributed by atoms with Crippen molar-refractivity contribution in [3.05, 3.63) is 82.9 Å². The number of ether oxygens (including phenoxy) is 4. The summed E-state index contributed by atoms with van der Waals surface area (Å²) in [6, 6.07) is 16.6. The summed E-state index contributed by atoms with van der Waals surface area (Å²) in [5, 5.41) is 0. The second-order valence-electron chi connectivity index (χ2n) is 10.3. The van der Waals surface area contributed by atoms with Crippen molar-refractivity contribution >= 4 is 12.2 Å². The molecule has 2 aromatic carbocycles. The molecule has 4 heteroatoms. The summed E-state index contributed by atoms with van der Waals surface area (Å²) in [6.45, 7) is 11.5. The highest BCUT2D eigenvalue weighted by Crippen LogP contribution is 2.32. The second kappa shape index (κ2) is 9.72. The van der Waals surface area contributed by atoms with E-state index < -0.39 is 0 Å². The van der Waals surface area contributed by atoms with Crippen molar-refractivity contribution in [1.82, 2.24) is 0 Å². The Balaban J connectivity index is 1.28. The average Bonchev–Trinajstić information content (AvgIpc) is 2.78. The lowest BCUT2D eigenvalue weighted by Gasteiger charge is -2.34. The first-order valence-electron chi connectivity index (χ1n) is 11.3. The molecule has 0 N–H and O–H groups in total. The number of hydrogen-bond acceptors (Lipinski definition) is 4. The molecule has 0 spiro atoms. The van der Waals surface area contributed by atoms with E-state index in [1.54, 1.807) is 0 Å². The van der Waals surface area contributed by atoms with Gasteiger partial charge in [-0.1, -0.05) is 101 Å². The number of allylic oxidation sites excluding steroid dienone is 2. The maximum Gasteiger partial charge on any atom is 0.183 e. The van der Waals surface area contributed by atoms with E-state index >= 15 is 0 Å². The molecule has 2 heterocycles. The van der Waals surface area contributed by atoms with E-state index in [4.69, 9.17) is 18.9 Å². The Labute approximate surface area is 191 Å². The first kappa shape index (κ1) is 22.9. The Kier molecular flexibility index (Phi) is 6.96. The molecule has 2 fully saturated rings. The summed E-state index contributed by atoms with van der Waals surface area (Å²) in [6.07, 6.45) is 7.75. The molecule has 170 valence electrons. The predicted octanol–water partition coefficient (Wildman–Crippen LogP) is 6.56. The SMILES string of the molecule is CC1(C)COC(c2ccc(/C=C/C=C/c3ccc(C4OCC(C)(C)CO4)cc3)cc2)OC1. The minimum atomic E-state index is -0.264. The van der Waals surface area contributed by atoms with E-state index in [1.165, 1.54) is 0 Å². The summed E-state index contributed by atoms with van der Waals surface area (Å²) >= 11 is 0. The Morgan fingerprint density at radius 1 is 0.562 bits per heavy atom. The third-order valence-electron chi connectivity index (χ3n) is 5.61. The maximum atomic E-state index is 5.86. The minimum Gasteiger partial charge on any atom is -0.348 e. The molecular formula is C28H34O4. The van der Waals surface area contributed by atoms with Crippen LogP contribution in [-0.2, 0) is 18.9 Å². The third-order valence-corrected chi connectivity index (χ3v) is 5.61. The van der Waals surface area contributed by atoms with Crippen molar-refractivity contribution < 1.29 is 18.9 Å². The fourth-order valence-electron chi connectivity index (χ4n) is 3.63. The molecule has 2 aliphatic rings. The molecule has 2 aromatic rings. The van der Waals surface area contributed by atoms with Gasteiger partial charge in [-0.3, -0.25) is 0 Å². The van der Waals surface area contributed by atoms with Crippen molar-refractivity contribution in [2.75, 3.05) is 26.4 Å². The number of rotatable bonds is 5. The van der Waals surface area contributed by atoms with Gasteiger partial charge in [0, 0.05) is 22.0 Å². The molecule has 0 amide bonds. The summed E-state index contributed by atoms with van der Waals surface area (Å²) in [4.78, 5) is 0. The van der Waals surface area contributed by atoms with Crippen LogP contribution in [0.1, 0.15) is 62.5 Å². The number of benzene rings is 2. The molecule has 0 atom stereocenters. The summed E-state index contributed by atoms with van der Waals surface area (Å²) in [5.41, 5.74) is 4.56. The van der Waals surface area contributed by atoms with Crippen LogP contribution >= 0.6 is 0 Å². The molecule has 4 nitrogen and oxygen atoms in total. The van der Waals surface area contributed by atoms with E-state index in [0.717, 1.165) is 22.3 Å². The van der Waals surface area contributed by atoms with Gasteiger partial charge in [0.25, 0.3) is 0 Å². The zero-order chi connectivity index (χ0) is 22.6. The number of hydrogen-bond donors (Lipinski definition) is 0. The van der Waals surface area contributed by atoms with E-state index in [2.05, 4.69) is 101 Å². The fraction of sp³-hybridized carbons (Fsp3) is 0.429. The van der Waals surface area contributed by atoms with Crippen LogP contribution in [0.2, 0.25) is 0 Å². The van der Waals surface area contributed by atoms with Gasteiger partial charge >= 0.3 is 0 Å². The monoisotopic (exact) mass is 434 g/mol.